The van der Waals surface area contributed by atoms with Gasteiger partial charge in [-0.1, -0.05) is 30.7 Å². The second-order valence-electron chi connectivity index (χ2n) is 4.08. The lowest BCUT2D eigenvalue weighted by molar-refractivity contribution is 0.271. The molecule has 5 nitrogen and oxygen atoms in total. The van der Waals surface area contributed by atoms with Crippen LogP contribution in [0.3, 0.4) is 0 Å². The molecular weight excluding hydrogens is 320 g/mol. The summed E-state index contributed by atoms with van der Waals surface area (Å²) in [5.41, 5.74) is 5.93. The summed E-state index contributed by atoms with van der Waals surface area (Å²) in [5, 5.41) is 9.02. The van der Waals surface area contributed by atoms with E-state index < -0.39 is 10.0 Å². The zero-order valence-electron chi connectivity index (χ0n) is 11.0. The SMILES string of the molecule is CCN(CCCO)S(=O)(=O)c1ccc(C(N)=S)c(Cl)c1. The fourth-order valence-corrected chi connectivity index (χ4v) is 3.80. The largest absolute Gasteiger partial charge is 0.396 e. The Morgan fingerprint density at radius 2 is 2.15 bits per heavy atom. The third-order valence-electron chi connectivity index (χ3n) is 2.76. The summed E-state index contributed by atoms with van der Waals surface area (Å²) >= 11 is 10.8. The molecule has 0 amide bonds. The molecule has 1 rings (SSSR count). The van der Waals surface area contributed by atoms with E-state index in [1.807, 2.05) is 0 Å². The summed E-state index contributed by atoms with van der Waals surface area (Å²) in [6, 6.07) is 4.27. The monoisotopic (exact) mass is 336 g/mol. The van der Waals surface area contributed by atoms with Gasteiger partial charge in [0.2, 0.25) is 10.0 Å². The van der Waals surface area contributed by atoms with Gasteiger partial charge in [0.05, 0.1) is 9.92 Å². The summed E-state index contributed by atoms with van der Waals surface area (Å²) in [7, 11) is -3.63. The van der Waals surface area contributed by atoms with Gasteiger partial charge in [0.1, 0.15) is 4.99 Å². The molecule has 0 atom stereocenters. The molecule has 0 saturated carbocycles. The third kappa shape index (κ3) is 3.89. The van der Waals surface area contributed by atoms with Crippen LogP contribution in [-0.2, 0) is 10.0 Å². The standard InChI is InChI=1S/C12H17ClN2O3S2/c1-2-15(6-3-7-16)20(17,18)9-4-5-10(12(14)19)11(13)8-9/h4-5,8,16H,2-3,6-7H2,1H3,(H2,14,19). The van der Waals surface area contributed by atoms with Crippen LogP contribution >= 0.6 is 23.8 Å². The van der Waals surface area contributed by atoms with Crippen molar-refractivity contribution in [1.29, 1.82) is 0 Å². The highest BCUT2D eigenvalue weighted by molar-refractivity contribution is 7.89. The topological polar surface area (TPSA) is 83.6 Å². The highest BCUT2D eigenvalue weighted by atomic mass is 35.5. The molecule has 0 spiro atoms. The molecule has 0 aromatic heterocycles. The Morgan fingerprint density at radius 1 is 1.50 bits per heavy atom. The first kappa shape index (κ1) is 17.3. The molecule has 0 aliphatic heterocycles. The Morgan fingerprint density at radius 3 is 2.60 bits per heavy atom. The molecule has 0 aliphatic rings. The fraction of sp³-hybridized carbons (Fsp3) is 0.417. The van der Waals surface area contributed by atoms with E-state index in [0.717, 1.165) is 0 Å². The summed E-state index contributed by atoms with van der Waals surface area (Å²) in [6.45, 7) is 2.24. The number of rotatable bonds is 7. The minimum absolute atomic E-state index is 0.0623. The number of nitrogens with zero attached hydrogens (tertiary/aromatic N) is 1. The van der Waals surface area contributed by atoms with Crippen LogP contribution in [0, 0.1) is 0 Å². The predicted octanol–water partition coefficient (Wildman–Crippen LogP) is 1.37. The van der Waals surface area contributed by atoms with Crippen molar-refractivity contribution in [2.24, 2.45) is 5.73 Å². The molecule has 8 heteroatoms. The minimum atomic E-state index is -3.63. The number of benzene rings is 1. The molecule has 0 bridgehead atoms. The molecule has 0 unspecified atom stereocenters. The molecule has 3 N–H and O–H groups in total. The van der Waals surface area contributed by atoms with Gasteiger partial charge < -0.3 is 10.8 Å². The van der Waals surface area contributed by atoms with Crippen molar-refractivity contribution in [3.8, 4) is 0 Å². The van der Waals surface area contributed by atoms with Crippen LogP contribution < -0.4 is 5.73 Å². The highest BCUT2D eigenvalue weighted by Crippen LogP contribution is 2.23. The van der Waals surface area contributed by atoms with Gasteiger partial charge in [0.15, 0.2) is 0 Å². The lowest BCUT2D eigenvalue weighted by Gasteiger charge is -2.20. The molecular formula is C12H17ClN2O3S2. The molecule has 0 fully saturated rings. The zero-order chi connectivity index (χ0) is 15.3. The molecule has 0 aliphatic carbocycles. The number of thiocarbonyl (C=S) groups is 1. The van der Waals surface area contributed by atoms with E-state index in [4.69, 9.17) is 34.7 Å². The maximum Gasteiger partial charge on any atom is 0.243 e. The summed E-state index contributed by atoms with van der Waals surface area (Å²) in [4.78, 5) is 0.203. The number of sulfonamides is 1. The van der Waals surface area contributed by atoms with Crippen LogP contribution in [0.2, 0.25) is 5.02 Å². The highest BCUT2D eigenvalue weighted by Gasteiger charge is 2.23. The smallest absolute Gasteiger partial charge is 0.243 e. The average molecular weight is 337 g/mol. The van der Waals surface area contributed by atoms with E-state index in [0.29, 0.717) is 18.5 Å². The molecule has 0 radical (unpaired) electrons. The number of hydrogen-bond donors (Lipinski definition) is 2. The first-order chi connectivity index (χ1) is 9.34. The van der Waals surface area contributed by atoms with Gasteiger partial charge in [-0.05, 0) is 24.6 Å². The first-order valence-corrected chi connectivity index (χ1v) is 8.27. The van der Waals surface area contributed by atoms with Crippen LogP contribution in [0.15, 0.2) is 23.1 Å². The van der Waals surface area contributed by atoms with E-state index in [1.165, 1.54) is 22.5 Å². The lowest BCUT2D eigenvalue weighted by Crippen LogP contribution is -2.32. The number of nitrogens with two attached hydrogens (primary N) is 1. The Kier molecular flexibility index (Phi) is 6.35. The van der Waals surface area contributed by atoms with Crippen molar-refractivity contribution in [3.63, 3.8) is 0 Å². The summed E-state index contributed by atoms with van der Waals surface area (Å²) in [5.74, 6) is 0. The number of halogens is 1. The van der Waals surface area contributed by atoms with E-state index in [1.54, 1.807) is 6.92 Å². The molecule has 1 aromatic rings. The molecule has 20 heavy (non-hydrogen) atoms. The van der Waals surface area contributed by atoms with Crippen molar-refractivity contribution in [2.75, 3.05) is 19.7 Å². The average Bonchev–Trinajstić information content (AvgIpc) is 2.38. The van der Waals surface area contributed by atoms with Crippen molar-refractivity contribution in [2.45, 2.75) is 18.2 Å². The Balaban J connectivity index is 3.15. The lowest BCUT2D eigenvalue weighted by atomic mass is 10.2. The van der Waals surface area contributed by atoms with Gasteiger partial charge in [-0.3, -0.25) is 0 Å². The fourth-order valence-electron chi connectivity index (χ4n) is 1.70. The Labute approximate surface area is 129 Å². The summed E-state index contributed by atoms with van der Waals surface area (Å²) < 4.78 is 26.1. The van der Waals surface area contributed by atoms with Gasteiger partial charge in [-0.15, -0.1) is 0 Å². The van der Waals surface area contributed by atoms with E-state index in [2.05, 4.69) is 0 Å². The molecule has 0 saturated heterocycles. The summed E-state index contributed by atoms with van der Waals surface area (Å²) in [6.07, 6.45) is 0.381. The van der Waals surface area contributed by atoms with Crippen LogP contribution in [-0.4, -0.2) is 42.5 Å². The van der Waals surface area contributed by atoms with Crippen molar-refractivity contribution < 1.29 is 13.5 Å². The zero-order valence-corrected chi connectivity index (χ0v) is 13.4. The van der Waals surface area contributed by atoms with E-state index in [9.17, 15) is 8.42 Å². The second-order valence-corrected chi connectivity index (χ2v) is 6.86. The second kappa shape index (κ2) is 7.33. The molecule has 1 aromatic carbocycles. The minimum Gasteiger partial charge on any atom is -0.396 e. The normalized spacial score (nSPS) is 11.8. The van der Waals surface area contributed by atoms with Gasteiger partial charge >= 0.3 is 0 Å². The van der Waals surface area contributed by atoms with Gasteiger partial charge in [0, 0.05) is 25.3 Å². The number of aliphatic hydroxyl groups is 1. The maximum atomic E-state index is 12.4. The molecule has 0 heterocycles. The van der Waals surface area contributed by atoms with E-state index in [-0.39, 0.29) is 28.1 Å². The van der Waals surface area contributed by atoms with Crippen molar-refractivity contribution >= 4 is 38.8 Å². The predicted molar refractivity (Wildman–Crippen MR) is 83.5 cm³/mol. The Hall–Kier alpha value is -0.730. The number of aliphatic hydroxyl groups excluding tert-OH is 1. The third-order valence-corrected chi connectivity index (χ3v) is 5.27. The van der Waals surface area contributed by atoms with Gasteiger partial charge in [-0.25, -0.2) is 8.42 Å². The first-order valence-electron chi connectivity index (χ1n) is 6.05. The van der Waals surface area contributed by atoms with Crippen LogP contribution in [0.1, 0.15) is 18.9 Å². The number of hydrogen-bond acceptors (Lipinski definition) is 4. The quantitative estimate of drug-likeness (QED) is 0.735. The van der Waals surface area contributed by atoms with Gasteiger partial charge in [-0.2, -0.15) is 4.31 Å². The molecule has 112 valence electrons. The van der Waals surface area contributed by atoms with Gasteiger partial charge in [0.25, 0.3) is 0 Å². The maximum absolute atomic E-state index is 12.4. The van der Waals surface area contributed by atoms with E-state index >= 15 is 0 Å². The van der Waals surface area contributed by atoms with Crippen LogP contribution in [0.25, 0.3) is 0 Å². The van der Waals surface area contributed by atoms with Crippen LogP contribution in [0.5, 0.6) is 0 Å². The van der Waals surface area contributed by atoms with Crippen LogP contribution in [0.4, 0.5) is 0 Å². The Bertz CT molecular complexity index is 590. The van der Waals surface area contributed by atoms with Crippen molar-refractivity contribution in [3.05, 3.63) is 28.8 Å². The van der Waals surface area contributed by atoms with Crippen molar-refractivity contribution in [1.82, 2.24) is 4.31 Å².